The minimum atomic E-state index is -1.16. The first-order valence-corrected chi connectivity index (χ1v) is 11.3. The van der Waals surface area contributed by atoms with E-state index in [-0.39, 0.29) is 32.0 Å². The molecular weight excluding hydrogens is 452 g/mol. The SMILES string of the molecule is O=C(Nc1cnn(CC(=O)N2C[C@H](O)C[C@H]2C(=O)O)c1)OCC1c2ccccc2-c2ccccc21. The number of carbonyl (C=O) groups is 3. The number of aliphatic carboxylic acids is 1. The highest BCUT2D eigenvalue weighted by Gasteiger charge is 2.38. The Morgan fingerprint density at radius 1 is 1.06 bits per heavy atom. The molecule has 0 unspecified atom stereocenters. The minimum absolute atomic E-state index is 0.00519. The first kappa shape index (κ1) is 22.6. The number of rotatable bonds is 6. The lowest BCUT2D eigenvalue weighted by Gasteiger charge is -2.20. The number of aliphatic hydroxyl groups is 1. The molecule has 10 heteroatoms. The van der Waals surface area contributed by atoms with Gasteiger partial charge in [0, 0.05) is 25.1 Å². The van der Waals surface area contributed by atoms with Gasteiger partial charge in [0.1, 0.15) is 19.2 Å². The fraction of sp³-hybridized carbons (Fsp3) is 0.280. The van der Waals surface area contributed by atoms with Crippen molar-refractivity contribution in [3.63, 3.8) is 0 Å². The average Bonchev–Trinajstić information content (AvgIpc) is 3.53. The molecule has 2 atom stereocenters. The predicted octanol–water partition coefficient (Wildman–Crippen LogP) is 2.29. The molecule has 1 aliphatic heterocycles. The molecule has 1 aliphatic carbocycles. The summed E-state index contributed by atoms with van der Waals surface area (Å²) in [5.74, 6) is -1.70. The highest BCUT2D eigenvalue weighted by Crippen LogP contribution is 2.44. The molecule has 0 spiro atoms. The highest BCUT2D eigenvalue weighted by molar-refractivity contribution is 5.86. The van der Waals surface area contributed by atoms with E-state index in [2.05, 4.69) is 22.5 Å². The lowest BCUT2D eigenvalue weighted by atomic mass is 9.98. The number of fused-ring (bicyclic) bond motifs is 3. The van der Waals surface area contributed by atoms with Crippen molar-refractivity contribution in [2.75, 3.05) is 18.5 Å². The molecule has 0 radical (unpaired) electrons. The fourth-order valence-corrected chi connectivity index (χ4v) is 4.82. The maximum Gasteiger partial charge on any atom is 0.411 e. The summed E-state index contributed by atoms with van der Waals surface area (Å²) >= 11 is 0. The Morgan fingerprint density at radius 3 is 2.37 bits per heavy atom. The molecule has 180 valence electrons. The summed E-state index contributed by atoms with van der Waals surface area (Å²) in [6.45, 7) is -0.0921. The summed E-state index contributed by atoms with van der Waals surface area (Å²) < 4.78 is 6.81. The van der Waals surface area contributed by atoms with Crippen molar-refractivity contribution in [3.8, 4) is 11.1 Å². The number of aliphatic hydroxyl groups excluding tert-OH is 1. The van der Waals surface area contributed by atoms with Crippen molar-refractivity contribution in [1.29, 1.82) is 0 Å². The van der Waals surface area contributed by atoms with Crippen LogP contribution >= 0.6 is 0 Å². The zero-order valence-electron chi connectivity index (χ0n) is 18.7. The second-order valence-electron chi connectivity index (χ2n) is 8.67. The Balaban J connectivity index is 1.18. The van der Waals surface area contributed by atoms with Crippen LogP contribution in [0.15, 0.2) is 60.9 Å². The van der Waals surface area contributed by atoms with Gasteiger partial charge in [0.15, 0.2) is 0 Å². The second kappa shape index (κ2) is 9.22. The van der Waals surface area contributed by atoms with Gasteiger partial charge in [-0.05, 0) is 22.3 Å². The Kier molecular flexibility index (Phi) is 5.96. The normalized spacial score (nSPS) is 18.7. The number of amides is 2. The number of benzene rings is 2. The number of carboxylic acids is 1. The summed E-state index contributed by atoms with van der Waals surface area (Å²) in [7, 11) is 0. The van der Waals surface area contributed by atoms with Crippen LogP contribution < -0.4 is 5.32 Å². The summed E-state index contributed by atoms with van der Waals surface area (Å²) in [4.78, 5) is 37.5. The number of carboxylic acid groups (broad SMARTS) is 1. The van der Waals surface area contributed by atoms with Gasteiger partial charge in [-0.15, -0.1) is 0 Å². The number of nitrogens with zero attached hydrogens (tertiary/aromatic N) is 3. The Labute approximate surface area is 200 Å². The van der Waals surface area contributed by atoms with Crippen LogP contribution in [0.3, 0.4) is 0 Å². The van der Waals surface area contributed by atoms with Gasteiger partial charge in [-0.25, -0.2) is 9.59 Å². The van der Waals surface area contributed by atoms with Gasteiger partial charge >= 0.3 is 12.1 Å². The van der Waals surface area contributed by atoms with Gasteiger partial charge in [0.2, 0.25) is 5.91 Å². The van der Waals surface area contributed by atoms with E-state index in [1.165, 1.54) is 17.1 Å². The van der Waals surface area contributed by atoms with E-state index >= 15 is 0 Å². The molecule has 2 aromatic carbocycles. The molecule has 2 heterocycles. The van der Waals surface area contributed by atoms with Gasteiger partial charge in [0.05, 0.1) is 18.0 Å². The molecular formula is C25H24N4O6. The number of anilines is 1. The quantitative estimate of drug-likeness (QED) is 0.497. The molecule has 0 bridgehead atoms. The van der Waals surface area contributed by atoms with Crippen molar-refractivity contribution in [1.82, 2.24) is 14.7 Å². The maximum atomic E-state index is 12.5. The van der Waals surface area contributed by atoms with Crippen LogP contribution in [0.4, 0.5) is 10.5 Å². The molecule has 1 fully saturated rings. The van der Waals surface area contributed by atoms with Crippen LogP contribution in [-0.2, 0) is 20.9 Å². The lowest BCUT2D eigenvalue weighted by Crippen LogP contribution is -2.42. The maximum absolute atomic E-state index is 12.5. The van der Waals surface area contributed by atoms with Gasteiger partial charge in [-0.3, -0.25) is 14.8 Å². The van der Waals surface area contributed by atoms with Crippen molar-refractivity contribution < 1.29 is 29.3 Å². The number of likely N-dealkylation sites (tertiary alicyclic amines) is 1. The molecule has 1 aromatic heterocycles. The first-order valence-electron chi connectivity index (χ1n) is 11.3. The number of ether oxygens (including phenoxy) is 1. The molecule has 35 heavy (non-hydrogen) atoms. The average molecular weight is 476 g/mol. The third-order valence-corrected chi connectivity index (χ3v) is 6.40. The van der Waals surface area contributed by atoms with Crippen molar-refractivity contribution in [2.45, 2.75) is 31.0 Å². The summed E-state index contributed by atoms with van der Waals surface area (Å²) in [6, 6.07) is 15.0. The number of β-amino-alcohol motifs (C(OH)–C–C–N with tert-alkyl or cyclic N) is 1. The third kappa shape index (κ3) is 4.47. The smallest absolute Gasteiger partial charge is 0.411 e. The molecule has 0 saturated carbocycles. The Bertz CT molecular complexity index is 1240. The monoisotopic (exact) mass is 476 g/mol. The molecule has 5 rings (SSSR count). The number of hydrogen-bond donors (Lipinski definition) is 3. The van der Waals surface area contributed by atoms with Gasteiger partial charge in [-0.2, -0.15) is 5.10 Å². The van der Waals surface area contributed by atoms with Crippen LogP contribution in [0.25, 0.3) is 11.1 Å². The molecule has 3 N–H and O–H groups in total. The van der Waals surface area contributed by atoms with Crippen molar-refractivity contribution in [2.24, 2.45) is 0 Å². The van der Waals surface area contributed by atoms with Crippen LogP contribution in [0.2, 0.25) is 0 Å². The van der Waals surface area contributed by atoms with E-state index in [4.69, 9.17) is 4.74 Å². The summed E-state index contributed by atoms with van der Waals surface area (Å²) in [5, 5.41) is 25.7. The summed E-state index contributed by atoms with van der Waals surface area (Å²) in [6.07, 6.45) is 1.31. The fourth-order valence-electron chi connectivity index (χ4n) is 4.82. The predicted molar refractivity (Wildman–Crippen MR) is 125 cm³/mol. The van der Waals surface area contributed by atoms with Crippen LogP contribution in [0.1, 0.15) is 23.5 Å². The molecule has 10 nitrogen and oxygen atoms in total. The van der Waals surface area contributed by atoms with Crippen LogP contribution in [0, 0.1) is 0 Å². The van der Waals surface area contributed by atoms with E-state index in [9.17, 15) is 24.6 Å². The van der Waals surface area contributed by atoms with E-state index < -0.39 is 30.1 Å². The zero-order chi connectivity index (χ0) is 24.5. The minimum Gasteiger partial charge on any atom is -0.480 e. The third-order valence-electron chi connectivity index (χ3n) is 6.40. The van der Waals surface area contributed by atoms with Crippen LogP contribution in [-0.4, -0.2) is 68.2 Å². The Morgan fingerprint density at radius 2 is 1.71 bits per heavy atom. The van der Waals surface area contributed by atoms with E-state index in [1.54, 1.807) is 0 Å². The number of nitrogens with one attached hydrogen (secondary N) is 1. The Hall–Kier alpha value is -4.18. The van der Waals surface area contributed by atoms with E-state index in [1.807, 2.05) is 36.4 Å². The van der Waals surface area contributed by atoms with E-state index in [0.29, 0.717) is 5.69 Å². The van der Waals surface area contributed by atoms with Crippen molar-refractivity contribution in [3.05, 3.63) is 72.1 Å². The number of hydrogen-bond acceptors (Lipinski definition) is 6. The van der Waals surface area contributed by atoms with Gasteiger partial charge in [-0.1, -0.05) is 48.5 Å². The first-order chi connectivity index (χ1) is 16.9. The zero-order valence-corrected chi connectivity index (χ0v) is 18.7. The van der Waals surface area contributed by atoms with Gasteiger partial charge in [0.25, 0.3) is 0 Å². The number of aromatic nitrogens is 2. The van der Waals surface area contributed by atoms with E-state index in [0.717, 1.165) is 27.2 Å². The van der Waals surface area contributed by atoms with Crippen LogP contribution in [0.5, 0.6) is 0 Å². The lowest BCUT2D eigenvalue weighted by molar-refractivity contribution is -0.148. The molecule has 2 amide bonds. The van der Waals surface area contributed by atoms with Gasteiger partial charge < -0.3 is 19.8 Å². The second-order valence-corrected chi connectivity index (χ2v) is 8.67. The number of carbonyl (C=O) groups excluding carboxylic acids is 2. The molecule has 1 saturated heterocycles. The topological polar surface area (TPSA) is 134 Å². The summed E-state index contributed by atoms with van der Waals surface area (Å²) in [5.41, 5.74) is 4.84. The van der Waals surface area contributed by atoms with Crippen molar-refractivity contribution >= 4 is 23.7 Å². The highest BCUT2D eigenvalue weighted by atomic mass is 16.5. The molecule has 3 aromatic rings. The largest absolute Gasteiger partial charge is 0.480 e. The molecule has 2 aliphatic rings. The standard InChI is InChI=1S/C25H24N4O6/c30-16-9-22(24(32)33)29(12-16)23(31)13-28-11-15(10-26-28)27-25(34)35-14-21-19-7-3-1-5-17(19)18-6-2-4-8-20(18)21/h1-8,10-11,16,21-22,30H,9,12-14H2,(H,27,34)(H,32,33)/t16-,22+/m1/s1.